The fourth-order valence-electron chi connectivity index (χ4n) is 1.19. The van der Waals surface area contributed by atoms with E-state index in [0.717, 1.165) is 24.7 Å². The zero-order chi connectivity index (χ0) is 9.78. The summed E-state index contributed by atoms with van der Waals surface area (Å²) in [6, 6.07) is 0. The van der Waals surface area contributed by atoms with E-state index in [-0.39, 0.29) is 0 Å². The molecule has 0 aromatic heterocycles. The standard InChI is InChI=1S/C11H24O/c1-9(2)10(3)7-6-8-11(4,5)12/h9-10,12H,6-8H2,1-5H3/t10-/m0/s1. The van der Waals surface area contributed by atoms with E-state index in [1.165, 1.54) is 6.42 Å². The van der Waals surface area contributed by atoms with Gasteiger partial charge in [-0.05, 0) is 32.1 Å². The Morgan fingerprint density at radius 1 is 1.17 bits per heavy atom. The minimum absolute atomic E-state index is 0.475. The summed E-state index contributed by atoms with van der Waals surface area (Å²) < 4.78 is 0. The molecule has 0 heterocycles. The molecular weight excluding hydrogens is 148 g/mol. The minimum atomic E-state index is -0.475. The van der Waals surface area contributed by atoms with Gasteiger partial charge in [0.2, 0.25) is 0 Å². The predicted molar refractivity (Wildman–Crippen MR) is 54.2 cm³/mol. The maximum absolute atomic E-state index is 9.47. The number of hydrogen-bond acceptors (Lipinski definition) is 1. The third-order valence-electron chi connectivity index (χ3n) is 2.59. The lowest BCUT2D eigenvalue weighted by Crippen LogP contribution is -2.18. The van der Waals surface area contributed by atoms with Gasteiger partial charge >= 0.3 is 0 Å². The van der Waals surface area contributed by atoms with Crippen molar-refractivity contribution in [2.45, 2.75) is 59.5 Å². The molecule has 1 heteroatoms. The summed E-state index contributed by atoms with van der Waals surface area (Å²) >= 11 is 0. The van der Waals surface area contributed by atoms with E-state index in [9.17, 15) is 5.11 Å². The highest BCUT2D eigenvalue weighted by Gasteiger charge is 2.13. The summed E-state index contributed by atoms with van der Waals surface area (Å²) in [5.74, 6) is 1.55. The number of aliphatic hydroxyl groups is 1. The van der Waals surface area contributed by atoms with Crippen molar-refractivity contribution >= 4 is 0 Å². The van der Waals surface area contributed by atoms with E-state index in [0.29, 0.717) is 0 Å². The van der Waals surface area contributed by atoms with Crippen molar-refractivity contribution in [1.29, 1.82) is 0 Å². The molecule has 0 saturated heterocycles. The number of rotatable bonds is 5. The molecule has 0 aromatic carbocycles. The highest BCUT2D eigenvalue weighted by atomic mass is 16.3. The van der Waals surface area contributed by atoms with E-state index in [1.54, 1.807) is 0 Å². The van der Waals surface area contributed by atoms with Gasteiger partial charge in [-0.1, -0.05) is 33.6 Å². The van der Waals surface area contributed by atoms with Gasteiger partial charge in [-0.3, -0.25) is 0 Å². The van der Waals surface area contributed by atoms with Gasteiger partial charge in [0.25, 0.3) is 0 Å². The third-order valence-corrected chi connectivity index (χ3v) is 2.59. The average Bonchev–Trinajstić information content (AvgIpc) is 1.84. The molecule has 0 aliphatic carbocycles. The van der Waals surface area contributed by atoms with E-state index >= 15 is 0 Å². The van der Waals surface area contributed by atoms with Crippen LogP contribution in [-0.4, -0.2) is 10.7 Å². The van der Waals surface area contributed by atoms with Crippen LogP contribution in [0.3, 0.4) is 0 Å². The first kappa shape index (κ1) is 12.0. The SMILES string of the molecule is CC(C)[C@@H](C)CCCC(C)(C)O. The first-order chi connectivity index (χ1) is 5.33. The molecule has 12 heavy (non-hydrogen) atoms. The Balaban J connectivity index is 3.44. The summed E-state index contributed by atoms with van der Waals surface area (Å²) in [7, 11) is 0. The zero-order valence-electron chi connectivity index (χ0n) is 9.22. The molecule has 0 saturated carbocycles. The monoisotopic (exact) mass is 172 g/mol. The molecule has 0 rings (SSSR count). The van der Waals surface area contributed by atoms with Gasteiger partial charge in [-0.2, -0.15) is 0 Å². The molecule has 0 radical (unpaired) electrons. The quantitative estimate of drug-likeness (QED) is 0.675. The van der Waals surface area contributed by atoms with Crippen molar-refractivity contribution in [3.05, 3.63) is 0 Å². The molecule has 0 aromatic rings. The largest absolute Gasteiger partial charge is 0.390 e. The van der Waals surface area contributed by atoms with Crippen LogP contribution in [0.2, 0.25) is 0 Å². The molecule has 0 aliphatic rings. The maximum Gasteiger partial charge on any atom is 0.0591 e. The minimum Gasteiger partial charge on any atom is -0.390 e. The molecule has 0 unspecified atom stereocenters. The number of hydrogen-bond donors (Lipinski definition) is 1. The second kappa shape index (κ2) is 4.86. The van der Waals surface area contributed by atoms with Gasteiger partial charge in [0.05, 0.1) is 5.60 Å². The molecule has 1 atom stereocenters. The van der Waals surface area contributed by atoms with Crippen molar-refractivity contribution in [3.8, 4) is 0 Å². The lowest BCUT2D eigenvalue weighted by molar-refractivity contribution is 0.0663. The van der Waals surface area contributed by atoms with Crippen LogP contribution < -0.4 is 0 Å². The van der Waals surface area contributed by atoms with Crippen molar-refractivity contribution in [1.82, 2.24) is 0 Å². The van der Waals surface area contributed by atoms with Crippen LogP contribution in [0.5, 0.6) is 0 Å². The predicted octanol–water partition coefficient (Wildman–Crippen LogP) is 3.22. The zero-order valence-corrected chi connectivity index (χ0v) is 9.22. The first-order valence-electron chi connectivity index (χ1n) is 5.05. The summed E-state index contributed by atoms with van der Waals surface area (Å²) in [6.45, 7) is 10.6. The highest BCUT2D eigenvalue weighted by molar-refractivity contribution is 4.66. The molecule has 1 nitrogen and oxygen atoms in total. The summed E-state index contributed by atoms with van der Waals surface area (Å²) in [6.07, 6.45) is 3.30. The molecular formula is C11H24O. The first-order valence-corrected chi connectivity index (χ1v) is 5.05. The summed E-state index contributed by atoms with van der Waals surface area (Å²) in [5, 5.41) is 9.47. The van der Waals surface area contributed by atoms with E-state index in [4.69, 9.17) is 0 Å². The Bertz CT molecular complexity index is 111. The Kier molecular flexibility index (Phi) is 4.84. The van der Waals surface area contributed by atoms with Crippen molar-refractivity contribution in [2.24, 2.45) is 11.8 Å². The lowest BCUT2D eigenvalue weighted by atomic mass is 9.90. The second-order valence-electron chi connectivity index (χ2n) is 4.93. The highest BCUT2D eigenvalue weighted by Crippen LogP contribution is 2.20. The normalized spacial score (nSPS) is 15.2. The Morgan fingerprint density at radius 2 is 1.67 bits per heavy atom. The maximum atomic E-state index is 9.47. The van der Waals surface area contributed by atoms with E-state index in [1.807, 2.05) is 13.8 Å². The van der Waals surface area contributed by atoms with Crippen LogP contribution in [0, 0.1) is 11.8 Å². The topological polar surface area (TPSA) is 20.2 Å². The van der Waals surface area contributed by atoms with Crippen LogP contribution >= 0.6 is 0 Å². The van der Waals surface area contributed by atoms with Crippen LogP contribution in [0.15, 0.2) is 0 Å². The van der Waals surface area contributed by atoms with Gasteiger partial charge in [-0.15, -0.1) is 0 Å². The van der Waals surface area contributed by atoms with Gasteiger partial charge < -0.3 is 5.11 Å². The van der Waals surface area contributed by atoms with Crippen molar-refractivity contribution < 1.29 is 5.11 Å². The molecule has 0 fully saturated rings. The Hall–Kier alpha value is -0.0400. The third kappa shape index (κ3) is 6.66. The van der Waals surface area contributed by atoms with E-state index < -0.39 is 5.60 Å². The lowest BCUT2D eigenvalue weighted by Gasteiger charge is -2.20. The fourth-order valence-corrected chi connectivity index (χ4v) is 1.19. The van der Waals surface area contributed by atoms with Gasteiger partial charge in [0, 0.05) is 0 Å². The van der Waals surface area contributed by atoms with Crippen molar-refractivity contribution in [2.75, 3.05) is 0 Å². The summed E-state index contributed by atoms with van der Waals surface area (Å²) in [4.78, 5) is 0. The van der Waals surface area contributed by atoms with Crippen LogP contribution in [-0.2, 0) is 0 Å². The van der Waals surface area contributed by atoms with E-state index in [2.05, 4.69) is 20.8 Å². The molecule has 0 spiro atoms. The Labute approximate surface area is 77.2 Å². The Morgan fingerprint density at radius 3 is 2.00 bits per heavy atom. The molecule has 0 bridgehead atoms. The van der Waals surface area contributed by atoms with Crippen LogP contribution in [0.4, 0.5) is 0 Å². The van der Waals surface area contributed by atoms with Gasteiger partial charge in [-0.25, -0.2) is 0 Å². The summed E-state index contributed by atoms with van der Waals surface area (Å²) in [5.41, 5.74) is -0.475. The molecule has 0 amide bonds. The van der Waals surface area contributed by atoms with Crippen LogP contribution in [0.1, 0.15) is 53.9 Å². The van der Waals surface area contributed by atoms with Gasteiger partial charge in [0.15, 0.2) is 0 Å². The van der Waals surface area contributed by atoms with Crippen molar-refractivity contribution in [3.63, 3.8) is 0 Å². The smallest absolute Gasteiger partial charge is 0.0591 e. The average molecular weight is 172 g/mol. The molecule has 1 N–H and O–H groups in total. The molecule has 74 valence electrons. The molecule has 0 aliphatic heterocycles. The van der Waals surface area contributed by atoms with Gasteiger partial charge in [0.1, 0.15) is 0 Å². The second-order valence-corrected chi connectivity index (χ2v) is 4.93. The van der Waals surface area contributed by atoms with Crippen LogP contribution in [0.25, 0.3) is 0 Å². The fraction of sp³-hybridized carbons (Fsp3) is 1.00.